The number of nitrogens with one attached hydrogen (secondary N) is 1. The van der Waals surface area contributed by atoms with Crippen LogP contribution in [-0.4, -0.2) is 79.4 Å². The number of guanidine groups is 1. The Morgan fingerprint density at radius 3 is 2.61 bits per heavy atom. The van der Waals surface area contributed by atoms with Gasteiger partial charge in [-0.2, -0.15) is 13.2 Å². The van der Waals surface area contributed by atoms with Crippen molar-refractivity contribution in [1.29, 1.82) is 0 Å². The van der Waals surface area contributed by atoms with Crippen molar-refractivity contribution < 1.29 is 18.0 Å². The van der Waals surface area contributed by atoms with Gasteiger partial charge in [0.25, 0.3) is 0 Å². The molecule has 172 valence electrons. The molecule has 0 spiro atoms. The maximum Gasteiger partial charge on any atom is 0.416 e. The van der Waals surface area contributed by atoms with Gasteiger partial charge in [0.2, 0.25) is 5.91 Å². The molecular formula is C21H29F3IN5O. The minimum absolute atomic E-state index is 0. The smallest absolute Gasteiger partial charge is 0.347 e. The van der Waals surface area contributed by atoms with Gasteiger partial charge in [-0.3, -0.25) is 9.69 Å². The van der Waals surface area contributed by atoms with Gasteiger partial charge in [0.1, 0.15) is 0 Å². The predicted molar refractivity (Wildman–Crippen MR) is 125 cm³/mol. The van der Waals surface area contributed by atoms with Crippen LogP contribution in [-0.2, 0) is 17.5 Å². The van der Waals surface area contributed by atoms with Crippen LogP contribution in [0.5, 0.6) is 0 Å². The highest BCUT2D eigenvalue weighted by molar-refractivity contribution is 14.0. The predicted octanol–water partition coefficient (Wildman–Crippen LogP) is 2.80. The molecule has 1 atom stereocenters. The Labute approximate surface area is 198 Å². The molecule has 1 aromatic carbocycles. The second kappa shape index (κ2) is 11.2. The van der Waals surface area contributed by atoms with Gasteiger partial charge in [-0.05, 0) is 24.1 Å². The largest absolute Gasteiger partial charge is 0.416 e. The fourth-order valence-corrected chi connectivity index (χ4v) is 3.62. The number of amides is 1. The van der Waals surface area contributed by atoms with E-state index in [0.717, 1.165) is 44.7 Å². The number of rotatable bonds is 5. The van der Waals surface area contributed by atoms with Crippen molar-refractivity contribution in [3.63, 3.8) is 0 Å². The van der Waals surface area contributed by atoms with Gasteiger partial charge >= 0.3 is 6.18 Å². The molecule has 1 amide bonds. The fraction of sp³-hybridized carbons (Fsp3) is 0.524. The van der Waals surface area contributed by atoms with Crippen LogP contribution in [0.2, 0.25) is 0 Å². The number of likely N-dealkylation sites (tertiary alicyclic amines) is 1. The maximum atomic E-state index is 13.0. The molecule has 0 saturated carbocycles. The highest BCUT2D eigenvalue weighted by Gasteiger charge is 2.31. The zero-order valence-corrected chi connectivity index (χ0v) is 20.1. The lowest BCUT2D eigenvalue weighted by molar-refractivity contribution is -0.137. The Hall–Kier alpha value is -1.82. The van der Waals surface area contributed by atoms with Crippen LogP contribution in [0.4, 0.5) is 13.2 Å². The minimum Gasteiger partial charge on any atom is -0.347 e. The summed E-state index contributed by atoms with van der Waals surface area (Å²) in [5, 5.41) is 3.10. The van der Waals surface area contributed by atoms with Crippen LogP contribution in [0.1, 0.15) is 17.5 Å². The van der Waals surface area contributed by atoms with Crippen molar-refractivity contribution in [2.45, 2.75) is 25.2 Å². The number of likely N-dealkylation sites (N-methyl/N-ethyl adjacent to an activating group) is 1. The second-order valence-corrected chi connectivity index (χ2v) is 7.79. The van der Waals surface area contributed by atoms with Crippen molar-refractivity contribution in [2.24, 2.45) is 4.99 Å². The molecule has 10 heteroatoms. The summed E-state index contributed by atoms with van der Waals surface area (Å²) in [5.74, 6) is 0.457. The van der Waals surface area contributed by atoms with E-state index < -0.39 is 11.7 Å². The van der Waals surface area contributed by atoms with Crippen LogP contribution in [0.25, 0.3) is 0 Å². The van der Waals surface area contributed by atoms with Gasteiger partial charge in [0.15, 0.2) is 5.96 Å². The summed E-state index contributed by atoms with van der Waals surface area (Å²) in [7, 11) is 3.35. The first kappa shape index (κ1) is 25.4. The van der Waals surface area contributed by atoms with Crippen LogP contribution in [0.15, 0.2) is 41.4 Å². The highest BCUT2D eigenvalue weighted by atomic mass is 127. The monoisotopic (exact) mass is 551 g/mol. The molecule has 31 heavy (non-hydrogen) atoms. The lowest BCUT2D eigenvalue weighted by Crippen LogP contribution is -2.46. The molecule has 6 nitrogen and oxygen atoms in total. The van der Waals surface area contributed by atoms with Crippen molar-refractivity contribution in [2.75, 3.05) is 46.8 Å². The average Bonchev–Trinajstić information content (AvgIpc) is 3.39. The zero-order chi connectivity index (χ0) is 21.7. The summed E-state index contributed by atoms with van der Waals surface area (Å²) in [4.78, 5) is 22.5. The van der Waals surface area contributed by atoms with E-state index in [-0.39, 0.29) is 43.0 Å². The molecule has 0 bridgehead atoms. The average molecular weight is 551 g/mol. The van der Waals surface area contributed by atoms with Gasteiger partial charge in [-0.25, -0.2) is 4.99 Å². The van der Waals surface area contributed by atoms with Gasteiger partial charge in [-0.1, -0.05) is 24.3 Å². The Balaban J connectivity index is 0.00000341. The minimum atomic E-state index is -4.38. The van der Waals surface area contributed by atoms with E-state index in [2.05, 4.69) is 32.3 Å². The summed E-state index contributed by atoms with van der Waals surface area (Å²) >= 11 is 0. The number of carbonyl (C=O) groups is 1. The number of benzene rings is 1. The first-order valence-corrected chi connectivity index (χ1v) is 10.0. The van der Waals surface area contributed by atoms with Crippen LogP contribution >= 0.6 is 24.0 Å². The molecule has 2 heterocycles. The normalized spacial score (nSPS) is 19.5. The Morgan fingerprint density at radius 2 is 1.97 bits per heavy atom. The third-order valence-corrected chi connectivity index (χ3v) is 5.39. The molecule has 1 saturated heterocycles. The van der Waals surface area contributed by atoms with E-state index in [4.69, 9.17) is 0 Å². The molecule has 0 aliphatic carbocycles. The van der Waals surface area contributed by atoms with Crippen molar-refractivity contribution in [1.82, 2.24) is 20.0 Å². The summed E-state index contributed by atoms with van der Waals surface area (Å²) < 4.78 is 38.9. The number of alkyl halides is 3. The molecular weight excluding hydrogens is 522 g/mol. The quantitative estimate of drug-likeness (QED) is 0.265. The van der Waals surface area contributed by atoms with Crippen LogP contribution in [0.3, 0.4) is 0 Å². The van der Waals surface area contributed by atoms with Gasteiger partial charge in [0.05, 0.1) is 18.7 Å². The first-order chi connectivity index (χ1) is 14.2. The molecule has 3 rings (SSSR count). The number of hydrogen-bond donors (Lipinski definition) is 1. The zero-order valence-electron chi connectivity index (χ0n) is 17.7. The van der Waals surface area contributed by atoms with E-state index in [0.29, 0.717) is 17.6 Å². The highest BCUT2D eigenvalue weighted by Crippen LogP contribution is 2.29. The fourth-order valence-electron chi connectivity index (χ4n) is 3.62. The number of halogens is 4. The Bertz CT molecular complexity index is 804. The summed E-state index contributed by atoms with van der Waals surface area (Å²) in [6, 6.07) is 5.59. The second-order valence-electron chi connectivity index (χ2n) is 7.79. The molecule has 2 aliphatic rings. The third kappa shape index (κ3) is 7.09. The molecule has 1 fully saturated rings. The first-order valence-electron chi connectivity index (χ1n) is 10.0. The third-order valence-electron chi connectivity index (χ3n) is 5.39. The van der Waals surface area contributed by atoms with Crippen LogP contribution < -0.4 is 5.32 Å². The van der Waals surface area contributed by atoms with E-state index >= 15 is 0 Å². The van der Waals surface area contributed by atoms with E-state index in [1.54, 1.807) is 20.2 Å². The lowest BCUT2D eigenvalue weighted by Gasteiger charge is -2.26. The van der Waals surface area contributed by atoms with Gasteiger partial charge in [-0.15, -0.1) is 24.0 Å². The Morgan fingerprint density at radius 1 is 1.26 bits per heavy atom. The van der Waals surface area contributed by atoms with Crippen molar-refractivity contribution >= 4 is 35.8 Å². The number of nitrogens with zero attached hydrogens (tertiary/aromatic N) is 4. The number of aliphatic imine (C=N–C) groups is 1. The number of hydrogen-bond acceptors (Lipinski definition) is 3. The van der Waals surface area contributed by atoms with Gasteiger partial charge in [0, 0.05) is 46.3 Å². The molecule has 1 aromatic rings. The molecule has 0 aromatic heterocycles. The molecule has 1 N–H and O–H groups in total. The van der Waals surface area contributed by atoms with Gasteiger partial charge < -0.3 is 15.1 Å². The van der Waals surface area contributed by atoms with Crippen molar-refractivity contribution in [3.8, 4) is 0 Å². The molecule has 2 aliphatic heterocycles. The van der Waals surface area contributed by atoms with Crippen LogP contribution in [0, 0.1) is 0 Å². The summed E-state index contributed by atoms with van der Waals surface area (Å²) in [6.45, 7) is 3.61. The number of carbonyl (C=O) groups excluding carboxylic acids is 1. The summed E-state index contributed by atoms with van der Waals surface area (Å²) in [6.07, 6.45) is 0.900. The molecule has 1 unspecified atom stereocenters. The standard InChI is InChI=1S/C21H28F3N5O.HI/c1-27(2)19(30)14-26-20(29-11-8-18(15-29)28-9-3-4-10-28)25-13-16-6-5-7-17(12-16)21(22,23)24;/h3-7,12,18H,8-11,13-15H2,1-2H3,(H,25,26);1H. The van der Waals surface area contributed by atoms with E-state index in [1.165, 1.54) is 11.0 Å². The van der Waals surface area contributed by atoms with Crippen molar-refractivity contribution in [3.05, 3.63) is 47.5 Å². The summed E-state index contributed by atoms with van der Waals surface area (Å²) in [5.41, 5.74) is -0.210. The lowest BCUT2D eigenvalue weighted by atomic mass is 10.1. The maximum absolute atomic E-state index is 13.0. The van der Waals surface area contributed by atoms with E-state index in [1.807, 2.05) is 0 Å². The molecule has 0 radical (unpaired) electrons. The van der Waals surface area contributed by atoms with E-state index in [9.17, 15) is 18.0 Å². The SMILES string of the molecule is CN(C)C(=O)CNC(=NCc1cccc(C(F)(F)F)c1)N1CCC(N2CC=CC2)C1.I. The Kier molecular flexibility index (Phi) is 9.16. The topological polar surface area (TPSA) is 51.2 Å².